The summed E-state index contributed by atoms with van der Waals surface area (Å²) in [6, 6.07) is 3.63. The second-order valence-corrected chi connectivity index (χ2v) is 4.17. The molecule has 1 unspecified atom stereocenters. The van der Waals surface area contributed by atoms with Crippen LogP contribution in [0.25, 0.3) is 0 Å². The first-order chi connectivity index (χ1) is 7.97. The predicted octanol–water partition coefficient (Wildman–Crippen LogP) is -0.0382. The van der Waals surface area contributed by atoms with Gasteiger partial charge in [0.2, 0.25) is 0 Å². The summed E-state index contributed by atoms with van der Waals surface area (Å²) in [6.07, 6.45) is 0. The minimum atomic E-state index is -0.154. The van der Waals surface area contributed by atoms with Crippen LogP contribution in [0.3, 0.4) is 0 Å². The van der Waals surface area contributed by atoms with Crippen molar-refractivity contribution in [3.8, 4) is 0 Å². The summed E-state index contributed by atoms with van der Waals surface area (Å²) in [5, 5.41) is 7.94. The van der Waals surface area contributed by atoms with E-state index in [1.165, 1.54) is 4.90 Å². The lowest BCUT2D eigenvalue weighted by molar-refractivity contribution is 0.0821. The number of carbonyl (C=O) groups is 1. The van der Waals surface area contributed by atoms with Crippen molar-refractivity contribution in [3.63, 3.8) is 0 Å². The first-order valence-electron chi connectivity index (χ1n) is 5.45. The number of anilines is 1. The second kappa shape index (κ2) is 5.58. The van der Waals surface area contributed by atoms with Gasteiger partial charge in [-0.15, -0.1) is 10.2 Å². The van der Waals surface area contributed by atoms with Crippen LogP contribution in [0.4, 0.5) is 5.82 Å². The molecule has 0 spiro atoms. The Morgan fingerprint density at radius 3 is 2.41 bits per heavy atom. The molecular formula is C11H19N5O. The van der Waals surface area contributed by atoms with Crippen LogP contribution in [0.2, 0.25) is 0 Å². The molecule has 0 aliphatic carbocycles. The van der Waals surface area contributed by atoms with Crippen molar-refractivity contribution in [2.45, 2.75) is 13.0 Å². The molecule has 1 atom stereocenters. The zero-order valence-electron chi connectivity index (χ0n) is 10.7. The lowest BCUT2D eigenvalue weighted by atomic mass is 10.3. The zero-order valence-corrected chi connectivity index (χ0v) is 10.7. The minimum Gasteiger partial charge on any atom is -0.354 e. The molecule has 0 aliphatic heterocycles. The Hall–Kier alpha value is -1.69. The molecule has 1 rings (SSSR count). The average molecular weight is 237 g/mol. The minimum absolute atomic E-state index is 0.154. The molecule has 0 aromatic carbocycles. The van der Waals surface area contributed by atoms with Crippen LogP contribution in [-0.2, 0) is 0 Å². The van der Waals surface area contributed by atoms with Crippen LogP contribution < -0.4 is 10.6 Å². The molecule has 0 radical (unpaired) electrons. The molecule has 1 aromatic rings. The smallest absolute Gasteiger partial charge is 0.273 e. The number of hydrogen-bond donors (Lipinski definition) is 1. The van der Waals surface area contributed by atoms with E-state index in [0.29, 0.717) is 18.1 Å². The Morgan fingerprint density at radius 2 is 2.00 bits per heavy atom. The molecule has 94 valence electrons. The van der Waals surface area contributed by atoms with Gasteiger partial charge >= 0.3 is 0 Å². The Kier molecular flexibility index (Phi) is 4.39. The summed E-state index contributed by atoms with van der Waals surface area (Å²) in [5.74, 6) is 0.553. The molecule has 0 aliphatic rings. The molecule has 6 heteroatoms. The van der Waals surface area contributed by atoms with Crippen LogP contribution in [0.1, 0.15) is 17.4 Å². The summed E-state index contributed by atoms with van der Waals surface area (Å²) < 4.78 is 0. The van der Waals surface area contributed by atoms with Crippen LogP contribution >= 0.6 is 0 Å². The van der Waals surface area contributed by atoms with Crippen LogP contribution in [0.15, 0.2) is 12.1 Å². The number of nitrogens with two attached hydrogens (primary N) is 1. The number of nitrogens with zero attached hydrogens (tertiary/aromatic N) is 4. The van der Waals surface area contributed by atoms with E-state index >= 15 is 0 Å². The van der Waals surface area contributed by atoms with Gasteiger partial charge in [0.15, 0.2) is 11.5 Å². The fourth-order valence-electron chi connectivity index (χ4n) is 1.24. The van der Waals surface area contributed by atoms with Gasteiger partial charge in [0.1, 0.15) is 0 Å². The predicted molar refractivity (Wildman–Crippen MR) is 67.0 cm³/mol. The van der Waals surface area contributed by atoms with E-state index in [2.05, 4.69) is 10.2 Å². The first-order valence-corrected chi connectivity index (χ1v) is 5.45. The molecule has 1 amide bonds. The van der Waals surface area contributed by atoms with Gasteiger partial charge in [-0.25, -0.2) is 0 Å². The molecule has 0 bridgehead atoms. The summed E-state index contributed by atoms with van der Waals surface area (Å²) in [7, 11) is 5.26. The van der Waals surface area contributed by atoms with Crippen molar-refractivity contribution >= 4 is 11.7 Å². The highest BCUT2D eigenvalue weighted by molar-refractivity contribution is 5.91. The number of hydrogen-bond acceptors (Lipinski definition) is 5. The van der Waals surface area contributed by atoms with E-state index in [9.17, 15) is 4.79 Å². The second-order valence-electron chi connectivity index (χ2n) is 4.17. The number of carbonyl (C=O) groups excluding carboxylic acids is 1. The van der Waals surface area contributed by atoms with Crippen molar-refractivity contribution in [1.29, 1.82) is 0 Å². The fourth-order valence-corrected chi connectivity index (χ4v) is 1.24. The van der Waals surface area contributed by atoms with Gasteiger partial charge in [-0.05, 0) is 19.1 Å². The maximum Gasteiger partial charge on any atom is 0.273 e. The highest BCUT2D eigenvalue weighted by Gasteiger charge is 2.13. The van der Waals surface area contributed by atoms with Gasteiger partial charge in [0, 0.05) is 33.7 Å². The summed E-state index contributed by atoms with van der Waals surface area (Å²) in [6.45, 7) is 2.54. The van der Waals surface area contributed by atoms with E-state index in [1.807, 2.05) is 18.9 Å². The van der Waals surface area contributed by atoms with E-state index in [4.69, 9.17) is 5.73 Å². The van der Waals surface area contributed by atoms with E-state index < -0.39 is 0 Å². The van der Waals surface area contributed by atoms with Crippen LogP contribution in [0.5, 0.6) is 0 Å². The van der Waals surface area contributed by atoms with E-state index in [1.54, 1.807) is 26.2 Å². The highest BCUT2D eigenvalue weighted by Crippen LogP contribution is 2.10. The molecule has 0 fully saturated rings. The number of likely N-dealkylation sites (N-methyl/N-ethyl adjacent to an activating group) is 1. The van der Waals surface area contributed by atoms with E-state index in [0.717, 1.165) is 0 Å². The van der Waals surface area contributed by atoms with Crippen molar-refractivity contribution < 1.29 is 4.79 Å². The summed E-state index contributed by atoms with van der Waals surface area (Å²) in [4.78, 5) is 15.0. The molecule has 1 heterocycles. The fraction of sp³-hybridized carbons (Fsp3) is 0.545. The average Bonchev–Trinajstić information content (AvgIpc) is 2.36. The van der Waals surface area contributed by atoms with Gasteiger partial charge < -0.3 is 15.5 Å². The lowest BCUT2D eigenvalue weighted by Crippen LogP contribution is -2.36. The maximum atomic E-state index is 11.6. The van der Waals surface area contributed by atoms with Gasteiger partial charge in [0.05, 0.1) is 0 Å². The molecule has 17 heavy (non-hydrogen) atoms. The molecule has 1 aromatic heterocycles. The third kappa shape index (κ3) is 3.13. The van der Waals surface area contributed by atoms with Crippen molar-refractivity contribution in [3.05, 3.63) is 17.8 Å². The monoisotopic (exact) mass is 237 g/mol. The van der Waals surface area contributed by atoms with Gasteiger partial charge in [0.25, 0.3) is 5.91 Å². The van der Waals surface area contributed by atoms with E-state index in [-0.39, 0.29) is 11.9 Å². The largest absolute Gasteiger partial charge is 0.354 e. The summed E-state index contributed by atoms with van der Waals surface area (Å²) in [5.41, 5.74) is 5.92. The molecule has 2 N–H and O–H groups in total. The Bertz CT molecular complexity index is 376. The van der Waals surface area contributed by atoms with Crippen molar-refractivity contribution in [2.75, 3.05) is 32.6 Å². The number of rotatable bonds is 4. The van der Waals surface area contributed by atoms with Crippen molar-refractivity contribution in [1.82, 2.24) is 15.1 Å². The Morgan fingerprint density at radius 1 is 1.35 bits per heavy atom. The molecule has 0 saturated heterocycles. The number of amides is 1. The SMILES string of the molecule is CC(CN)N(C)c1ccc(C(=O)N(C)C)nn1. The van der Waals surface area contributed by atoms with Gasteiger partial charge in [-0.1, -0.05) is 0 Å². The van der Waals surface area contributed by atoms with Crippen LogP contribution in [-0.4, -0.2) is 54.7 Å². The lowest BCUT2D eigenvalue weighted by Gasteiger charge is -2.24. The van der Waals surface area contributed by atoms with Gasteiger partial charge in [-0.2, -0.15) is 0 Å². The first kappa shape index (κ1) is 13.4. The van der Waals surface area contributed by atoms with Crippen LogP contribution in [0, 0.1) is 0 Å². The molecule has 0 saturated carbocycles. The van der Waals surface area contributed by atoms with Crippen molar-refractivity contribution in [2.24, 2.45) is 5.73 Å². The Balaban J connectivity index is 2.84. The third-order valence-corrected chi connectivity index (χ3v) is 2.64. The highest BCUT2D eigenvalue weighted by atomic mass is 16.2. The molecular weight excluding hydrogens is 218 g/mol. The molecule has 6 nitrogen and oxygen atoms in total. The standard InChI is InChI=1S/C11H19N5O/c1-8(7-12)16(4)10-6-5-9(13-14-10)11(17)15(2)3/h5-6,8H,7,12H2,1-4H3. The number of aromatic nitrogens is 2. The normalized spacial score (nSPS) is 12.1. The Labute approximate surface area is 101 Å². The third-order valence-electron chi connectivity index (χ3n) is 2.64. The topological polar surface area (TPSA) is 75.3 Å². The maximum absolute atomic E-state index is 11.6. The summed E-state index contributed by atoms with van der Waals surface area (Å²) >= 11 is 0. The van der Waals surface area contributed by atoms with Gasteiger partial charge in [-0.3, -0.25) is 4.79 Å². The zero-order chi connectivity index (χ0) is 13.0. The quantitative estimate of drug-likeness (QED) is 0.795.